The van der Waals surface area contributed by atoms with E-state index >= 15 is 0 Å². The molecule has 30 heavy (non-hydrogen) atoms. The predicted molar refractivity (Wildman–Crippen MR) is 112 cm³/mol. The van der Waals surface area contributed by atoms with Crippen molar-refractivity contribution in [2.24, 2.45) is 0 Å². The summed E-state index contributed by atoms with van der Waals surface area (Å²) in [7, 11) is 1.53. The maximum absolute atomic E-state index is 13.7. The van der Waals surface area contributed by atoms with E-state index in [4.69, 9.17) is 0 Å². The molecule has 158 valence electrons. The van der Waals surface area contributed by atoms with Crippen molar-refractivity contribution in [3.8, 4) is 0 Å². The van der Waals surface area contributed by atoms with Crippen molar-refractivity contribution in [3.63, 3.8) is 0 Å². The van der Waals surface area contributed by atoms with Crippen LogP contribution in [0, 0.1) is 11.6 Å². The van der Waals surface area contributed by atoms with Crippen molar-refractivity contribution in [2.45, 2.75) is 26.2 Å². The molecule has 1 aromatic carbocycles. The molecule has 0 aliphatic heterocycles. The highest BCUT2D eigenvalue weighted by molar-refractivity contribution is 5.99. The predicted octanol–water partition coefficient (Wildman–Crippen LogP) is 3.46. The Bertz CT molecular complexity index is 1010. The third-order valence-corrected chi connectivity index (χ3v) is 4.11. The number of carbonyl (C=O) groups excluding carboxylic acids is 2. The number of hydrogen-bond acceptors (Lipinski definition) is 4. The first-order chi connectivity index (χ1) is 14.2. The van der Waals surface area contributed by atoms with Crippen molar-refractivity contribution < 1.29 is 18.4 Å². The van der Waals surface area contributed by atoms with Gasteiger partial charge in [0.15, 0.2) is 6.29 Å². The number of benzene rings is 1. The summed E-state index contributed by atoms with van der Waals surface area (Å²) in [6.07, 6.45) is 7.64. The number of imidazole rings is 1. The number of amides is 1. The zero-order valence-electron chi connectivity index (χ0n) is 17.2. The summed E-state index contributed by atoms with van der Waals surface area (Å²) in [5.74, 6) is -1.73. The first kappa shape index (κ1) is 22.7. The largest absolute Gasteiger partial charge is 0.384 e. The maximum Gasteiger partial charge on any atom is 0.271 e. The molecule has 8 heteroatoms. The van der Waals surface area contributed by atoms with Crippen LogP contribution in [0.5, 0.6) is 0 Å². The average Bonchev–Trinajstić information content (AvgIpc) is 3.15. The van der Waals surface area contributed by atoms with Crippen LogP contribution in [-0.4, -0.2) is 29.2 Å². The fourth-order valence-corrected chi connectivity index (χ4v) is 2.62. The van der Waals surface area contributed by atoms with E-state index in [1.807, 2.05) is 20.8 Å². The highest BCUT2D eigenvalue weighted by Crippen LogP contribution is 2.23. The van der Waals surface area contributed by atoms with Crippen molar-refractivity contribution in [1.82, 2.24) is 20.6 Å². The van der Waals surface area contributed by atoms with Gasteiger partial charge in [-0.25, -0.2) is 13.8 Å². The lowest BCUT2D eigenvalue weighted by Gasteiger charge is -2.17. The zero-order valence-corrected chi connectivity index (χ0v) is 17.2. The van der Waals surface area contributed by atoms with E-state index in [9.17, 15) is 18.4 Å². The van der Waals surface area contributed by atoms with Gasteiger partial charge < -0.3 is 15.6 Å². The third kappa shape index (κ3) is 5.97. The number of allylic oxidation sites excluding steroid dienone is 3. The normalized spacial score (nSPS) is 12.9. The maximum atomic E-state index is 13.7. The Hall–Kier alpha value is -3.55. The van der Waals surface area contributed by atoms with Crippen molar-refractivity contribution >= 4 is 24.3 Å². The second kappa shape index (κ2) is 9.78. The van der Waals surface area contributed by atoms with Gasteiger partial charge in [-0.2, -0.15) is 0 Å². The Morgan fingerprint density at radius 1 is 1.23 bits per heavy atom. The molecule has 0 bridgehead atoms. The van der Waals surface area contributed by atoms with Crippen molar-refractivity contribution in [2.75, 3.05) is 7.05 Å². The van der Waals surface area contributed by atoms with Gasteiger partial charge >= 0.3 is 0 Å². The topological polar surface area (TPSA) is 86.9 Å². The van der Waals surface area contributed by atoms with Gasteiger partial charge in [0.1, 0.15) is 11.6 Å². The molecular formula is C22H24F2N4O2. The number of nitrogens with one attached hydrogen (secondary N) is 3. The van der Waals surface area contributed by atoms with Crippen LogP contribution in [0.15, 0.2) is 48.1 Å². The Balaban J connectivity index is 2.19. The molecule has 1 amide bonds. The molecule has 1 aromatic heterocycles. The van der Waals surface area contributed by atoms with Crippen molar-refractivity contribution in [1.29, 1.82) is 0 Å². The van der Waals surface area contributed by atoms with Gasteiger partial charge in [-0.15, -0.1) is 0 Å². The summed E-state index contributed by atoms with van der Waals surface area (Å²) < 4.78 is 26.9. The van der Waals surface area contributed by atoms with E-state index in [1.54, 1.807) is 0 Å². The Labute approximate surface area is 173 Å². The molecule has 2 aromatic rings. The smallest absolute Gasteiger partial charge is 0.271 e. The molecule has 0 radical (unpaired) electrons. The van der Waals surface area contributed by atoms with E-state index in [1.165, 1.54) is 37.7 Å². The molecule has 0 spiro atoms. The number of aromatic nitrogens is 2. The fraction of sp³-hybridized carbons (Fsp3) is 0.227. The molecule has 0 fully saturated rings. The van der Waals surface area contributed by atoms with E-state index in [0.29, 0.717) is 12.0 Å². The van der Waals surface area contributed by atoms with Crippen LogP contribution in [0.2, 0.25) is 0 Å². The molecular weight excluding hydrogens is 390 g/mol. The molecule has 0 aliphatic carbocycles. The molecule has 6 nitrogen and oxygen atoms in total. The minimum absolute atomic E-state index is 0.0268. The molecule has 0 unspecified atom stereocenters. The SMILES string of the molecule is CN/C(=C\C=C\c1cc(F)ccc1F)C(=O)N/C(C=O)=C\c1nc[nH]c1C(C)(C)C. The number of aldehydes is 1. The summed E-state index contributed by atoms with van der Waals surface area (Å²) in [6, 6.07) is 3.09. The lowest BCUT2D eigenvalue weighted by Crippen LogP contribution is -2.30. The third-order valence-electron chi connectivity index (χ3n) is 4.11. The number of H-pyrrole nitrogens is 1. The van der Waals surface area contributed by atoms with Crippen LogP contribution in [0.3, 0.4) is 0 Å². The van der Waals surface area contributed by atoms with E-state index in [2.05, 4.69) is 20.6 Å². The van der Waals surface area contributed by atoms with E-state index < -0.39 is 17.5 Å². The number of aromatic amines is 1. The Morgan fingerprint density at radius 2 is 1.97 bits per heavy atom. The van der Waals surface area contributed by atoms with Gasteiger partial charge in [0.2, 0.25) is 0 Å². The number of hydrogen-bond donors (Lipinski definition) is 3. The first-order valence-electron chi connectivity index (χ1n) is 9.19. The minimum atomic E-state index is -0.587. The number of rotatable bonds is 7. The van der Waals surface area contributed by atoms with Gasteiger partial charge in [0.05, 0.1) is 23.4 Å². The lowest BCUT2D eigenvalue weighted by atomic mass is 9.90. The molecule has 0 atom stereocenters. The van der Waals surface area contributed by atoms with Gasteiger partial charge in [-0.05, 0) is 30.4 Å². The number of carbonyl (C=O) groups is 2. The molecule has 0 saturated carbocycles. The monoisotopic (exact) mass is 414 g/mol. The van der Waals surface area contributed by atoms with Gasteiger partial charge in [-0.1, -0.05) is 32.9 Å². The standard InChI is InChI=1S/C22H24F2N4O2/c1-22(2,3)20-19(26-13-27-20)11-16(12-29)28-21(30)18(25-4)7-5-6-14-10-15(23)8-9-17(14)24/h5-13,25H,1-4H3,(H,26,27)(H,28,30)/b6-5+,16-11-,18-7-. The highest BCUT2D eigenvalue weighted by Gasteiger charge is 2.20. The minimum Gasteiger partial charge on any atom is -0.384 e. The molecule has 1 heterocycles. The van der Waals surface area contributed by atoms with Crippen LogP contribution >= 0.6 is 0 Å². The number of nitrogens with zero attached hydrogens (tertiary/aromatic N) is 1. The summed E-state index contributed by atoms with van der Waals surface area (Å²) in [5.41, 5.74) is 1.33. The van der Waals surface area contributed by atoms with Gasteiger partial charge in [0.25, 0.3) is 5.91 Å². The van der Waals surface area contributed by atoms with Gasteiger partial charge in [0, 0.05) is 23.7 Å². The van der Waals surface area contributed by atoms with Crippen LogP contribution in [0.4, 0.5) is 8.78 Å². The molecule has 0 aliphatic rings. The van der Waals surface area contributed by atoms with Crippen LogP contribution in [0.25, 0.3) is 12.2 Å². The molecule has 2 rings (SSSR count). The Morgan fingerprint density at radius 3 is 2.60 bits per heavy atom. The quantitative estimate of drug-likeness (QED) is 0.368. The average molecular weight is 414 g/mol. The zero-order chi connectivity index (χ0) is 22.3. The van der Waals surface area contributed by atoms with Gasteiger partial charge in [-0.3, -0.25) is 9.59 Å². The number of halogens is 2. The second-order valence-corrected chi connectivity index (χ2v) is 7.44. The van der Waals surface area contributed by atoms with Crippen molar-refractivity contribution in [3.05, 3.63) is 76.7 Å². The van der Waals surface area contributed by atoms with Crippen LogP contribution in [0.1, 0.15) is 37.7 Å². The highest BCUT2D eigenvalue weighted by atomic mass is 19.1. The summed E-state index contributed by atoms with van der Waals surface area (Å²) in [5, 5.41) is 5.21. The summed E-state index contributed by atoms with van der Waals surface area (Å²) >= 11 is 0. The first-order valence-corrected chi connectivity index (χ1v) is 9.19. The van der Waals surface area contributed by atoms with Crippen LogP contribution < -0.4 is 10.6 Å². The van der Waals surface area contributed by atoms with Crippen LogP contribution in [-0.2, 0) is 15.0 Å². The summed E-state index contributed by atoms with van der Waals surface area (Å²) in [4.78, 5) is 31.2. The van der Waals surface area contributed by atoms with E-state index in [-0.39, 0.29) is 22.4 Å². The Kier molecular flexibility index (Phi) is 7.41. The molecule has 0 saturated heterocycles. The molecule has 3 N–H and O–H groups in total. The number of likely N-dealkylation sites (N-methyl/N-ethyl adjacent to an activating group) is 1. The second-order valence-electron chi connectivity index (χ2n) is 7.44. The lowest BCUT2D eigenvalue weighted by molar-refractivity contribution is -0.118. The fourth-order valence-electron chi connectivity index (χ4n) is 2.62. The van der Waals surface area contributed by atoms with E-state index in [0.717, 1.165) is 23.9 Å². The summed E-state index contributed by atoms with van der Waals surface area (Å²) in [6.45, 7) is 5.98.